The third-order valence-electron chi connectivity index (χ3n) is 4.23. The number of nitrogens with one attached hydrogen (secondary N) is 1. The number of nitrogens with zero attached hydrogens (tertiary/aromatic N) is 1. The van der Waals surface area contributed by atoms with Gasteiger partial charge in [0.1, 0.15) is 13.2 Å². The molecule has 3 saturated heterocycles. The highest BCUT2D eigenvalue weighted by Crippen LogP contribution is 2.36. The Hall–Kier alpha value is -1.40. The van der Waals surface area contributed by atoms with Crippen LogP contribution in [-0.4, -0.2) is 60.8 Å². The molecule has 0 radical (unpaired) electrons. The molecule has 3 heterocycles. The number of hydrogen-bond donors (Lipinski definition) is 2. The maximum Gasteiger partial charge on any atom is 0.329 e. The molecule has 4 atom stereocenters. The zero-order chi connectivity index (χ0) is 14.5. The summed E-state index contributed by atoms with van der Waals surface area (Å²) in [7, 11) is 0. The van der Waals surface area contributed by atoms with Crippen LogP contribution in [0.15, 0.2) is 12.7 Å². The Morgan fingerprint density at radius 2 is 2.25 bits per heavy atom. The minimum Gasteiger partial charge on any atom is -0.480 e. The second-order valence-corrected chi connectivity index (χ2v) is 5.52. The van der Waals surface area contributed by atoms with Crippen molar-refractivity contribution >= 4 is 11.9 Å². The first-order valence-corrected chi connectivity index (χ1v) is 7.03. The van der Waals surface area contributed by atoms with Crippen LogP contribution in [0.2, 0.25) is 0 Å². The fourth-order valence-electron chi connectivity index (χ4n) is 3.17. The number of amides is 1. The normalized spacial score (nSPS) is 31.8. The molecule has 20 heavy (non-hydrogen) atoms. The van der Waals surface area contributed by atoms with Crippen molar-refractivity contribution in [3.63, 3.8) is 0 Å². The van der Waals surface area contributed by atoms with Crippen LogP contribution in [0.25, 0.3) is 0 Å². The van der Waals surface area contributed by atoms with E-state index in [0.717, 1.165) is 19.5 Å². The first kappa shape index (κ1) is 15.0. The van der Waals surface area contributed by atoms with Gasteiger partial charge in [-0.1, -0.05) is 6.08 Å². The number of ether oxygens (including phenoxy) is 1. The van der Waals surface area contributed by atoms with Crippen LogP contribution >= 0.6 is 0 Å². The molecule has 6 heteroatoms. The minimum atomic E-state index is -1.07. The lowest BCUT2D eigenvalue weighted by Crippen LogP contribution is -2.56. The molecule has 0 aromatic carbocycles. The standard InChI is InChI=1S/C14H22N2O4/c1-2-10-7-16-4-3-11(10)5-12(16)6-15-13(17)8-20-9-14(18)19/h2,10-12H,1,3-9H2,(H,15,17)(H,18,19)/t10-,11+,12+/m0/s1. The highest BCUT2D eigenvalue weighted by Gasteiger charge is 2.38. The van der Waals surface area contributed by atoms with Crippen molar-refractivity contribution in [1.29, 1.82) is 0 Å². The van der Waals surface area contributed by atoms with Gasteiger partial charge in [0.05, 0.1) is 0 Å². The maximum atomic E-state index is 11.5. The summed E-state index contributed by atoms with van der Waals surface area (Å²) in [6, 6.07) is 0.383. The van der Waals surface area contributed by atoms with Crippen LogP contribution in [0, 0.1) is 11.8 Å². The van der Waals surface area contributed by atoms with Crippen LogP contribution in [0.1, 0.15) is 12.8 Å². The molecule has 112 valence electrons. The molecule has 1 amide bonds. The molecule has 0 spiro atoms. The van der Waals surface area contributed by atoms with E-state index >= 15 is 0 Å². The number of carboxylic acid groups (broad SMARTS) is 1. The molecule has 3 aliphatic heterocycles. The van der Waals surface area contributed by atoms with Gasteiger partial charge in [-0.05, 0) is 31.2 Å². The van der Waals surface area contributed by atoms with Gasteiger partial charge in [-0.2, -0.15) is 0 Å². The smallest absolute Gasteiger partial charge is 0.329 e. The number of carbonyl (C=O) groups is 2. The van der Waals surface area contributed by atoms with Gasteiger partial charge in [-0.15, -0.1) is 6.58 Å². The van der Waals surface area contributed by atoms with Crippen molar-refractivity contribution in [3.05, 3.63) is 12.7 Å². The van der Waals surface area contributed by atoms with Crippen molar-refractivity contribution in [2.75, 3.05) is 32.8 Å². The summed E-state index contributed by atoms with van der Waals surface area (Å²) in [5, 5.41) is 11.2. The van der Waals surface area contributed by atoms with E-state index in [9.17, 15) is 9.59 Å². The summed E-state index contributed by atoms with van der Waals surface area (Å²) in [5.41, 5.74) is 0. The van der Waals surface area contributed by atoms with Crippen LogP contribution in [0.5, 0.6) is 0 Å². The van der Waals surface area contributed by atoms with Gasteiger partial charge in [-0.3, -0.25) is 9.69 Å². The van der Waals surface area contributed by atoms with Crippen molar-refractivity contribution in [3.8, 4) is 0 Å². The first-order valence-electron chi connectivity index (χ1n) is 7.03. The number of carboxylic acids is 1. The molecule has 0 aromatic heterocycles. The Labute approximate surface area is 118 Å². The Bertz CT molecular complexity index is 385. The number of hydrogen-bond acceptors (Lipinski definition) is 4. The van der Waals surface area contributed by atoms with Gasteiger partial charge in [0.15, 0.2) is 0 Å². The minimum absolute atomic E-state index is 0.197. The van der Waals surface area contributed by atoms with Gasteiger partial charge >= 0.3 is 5.97 Å². The van der Waals surface area contributed by atoms with E-state index in [2.05, 4.69) is 16.8 Å². The molecule has 1 unspecified atom stereocenters. The molecule has 0 aliphatic carbocycles. The largest absolute Gasteiger partial charge is 0.480 e. The number of rotatable bonds is 7. The average molecular weight is 282 g/mol. The Kier molecular flexibility index (Phi) is 5.14. The quantitative estimate of drug-likeness (QED) is 0.648. The number of piperidine rings is 3. The highest BCUT2D eigenvalue weighted by molar-refractivity contribution is 5.77. The number of fused-ring (bicyclic) bond motifs is 3. The average Bonchev–Trinajstić information content (AvgIpc) is 2.45. The summed E-state index contributed by atoms with van der Waals surface area (Å²) in [4.78, 5) is 24.2. The summed E-state index contributed by atoms with van der Waals surface area (Å²) in [5.74, 6) is -0.0598. The third kappa shape index (κ3) is 3.80. The Morgan fingerprint density at radius 3 is 2.85 bits per heavy atom. The van der Waals surface area contributed by atoms with E-state index in [1.165, 1.54) is 6.42 Å². The SMILES string of the molecule is C=C[C@H]1CN2CC[C@@H]1C[C@@H]2CNC(=O)COCC(=O)O. The van der Waals surface area contributed by atoms with Crippen molar-refractivity contribution < 1.29 is 19.4 Å². The molecule has 0 saturated carbocycles. The Morgan fingerprint density at radius 1 is 1.45 bits per heavy atom. The topological polar surface area (TPSA) is 78.9 Å². The molecule has 3 fully saturated rings. The summed E-state index contributed by atoms with van der Waals surface area (Å²) < 4.78 is 4.75. The van der Waals surface area contributed by atoms with Gasteiger partial charge in [-0.25, -0.2) is 4.79 Å². The van der Waals surface area contributed by atoms with Crippen LogP contribution < -0.4 is 5.32 Å². The first-order chi connectivity index (χ1) is 9.60. The van der Waals surface area contributed by atoms with E-state index in [0.29, 0.717) is 24.4 Å². The number of aliphatic carboxylic acids is 1. The molecule has 6 nitrogen and oxygen atoms in total. The summed E-state index contributed by atoms with van der Waals surface area (Å²) >= 11 is 0. The Balaban J connectivity index is 1.69. The van der Waals surface area contributed by atoms with Crippen molar-refractivity contribution in [2.45, 2.75) is 18.9 Å². The molecule has 2 N–H and O–H groups in total. The van der Waals surface area contributed by atoms with Crippen molar-refractivity contribution in [2.24, 2.45) is 11.8 Å². The van der Waals surface area contributed by atoms with Gasteiger partial charge in [0, 0.05) is 19.1 Å². The molecular weight excluding hydrogens is 260 g/mol. The molecule has 2 bridgehead atoms. The molecular formula is C14H22N2O4. The second-order valence-electron chi connectivity index (χ2n) is 5.52. The van der Waals surface area contributed by atoms with E-state index in [4.69, 9.17) is 9.84 Å². The van der Waals surface area contributed by atoms with E-state index in [1.807, 2.05) is 6.08 Å². The molecule has 3 rings (SSSR count). The fraction of sp³-hybridized carbons (Fsp3) is 0.714. The van der Waals surface area contributed by atoms with Crippen LogP contribution in [0.4, 0.5) is 0 Å². The second kappa shape index (κ2) is 6.85. The van der Waals surface area contributed by atoms with E-state index in [-0.39, 0.29) is 12.5 Å². The lowest BCUT2D eigenvalue weighted by atomic mass is 9.75. The predicted octanol–water partition coefficient (Wildman–Crippen LogP) is 0.100. The van der Waals surface area contributed by atoms with Crippen LogP contribution in [0.3, 0.4) is 0 Å². The monoisotopic (exact) mass is 282 g/mol. The number of carbonyl (C=O) groups excluding carboxylic acids is 1. The summed E-state index contributed by atoms with van der Waals surface area (Å²) in [6.07, 6.45) is 4.35. The van der Waals surface area contributed by atoms with Crippen molar-refractivity contribution in [1.82, 2.24) is 10.2 Å². The van der Waals surface area contributed by atoms with E-state index in [1.54, 1.807) is 0 Å². The molecule has 3 aliphatic rings. The maximum absolute atomic E-state index is 11.5. The zero-order valence-electron chi connectivity index (χ0n) is 11.6. The fourth-order valence-corrected chi connectivity index (χ4v) is 3.17. The summed E-state index contributed by atoms with van der Waals surface area (Å²) in [6.45, 7) is 5.98. The lowest BCUT2D eigenvalue weighted by molar-refractivity contribution is -0.143. The zero-order valence-corrected chi connectivity index (χ0v) is 11.6. The van der Waals surface area contributed by atoms with E-state index < -0.39 is 12.6 Å². The highest BCUT2D eigenvalue weighted by atomic mass is 16.5. The lowest BCUT2D eigenvalue weighted by Gasteiger charge is -2.49. The molecule has 0 aromatic rings. The predicted molar refractivity (Wildman–Crippen MR) is 73.2 cm³/mol. The van der Waals surface area contributed by atoms with Crippen LogP contribution in [-0.2, 0) is 14.3 Å². The third-order valence-corrected chi connectivity index (χ3v) is 4.23. The van der Waals surface area contributed by atoms with Gasteiger partial charge in [0.2, 0.25) is 5.91 Å². The van der Waals surface area contributed by atoms with Gasteiger partial charge in [0.25, 0.3) is 0 Å². The van der Waals surface area contributed by atoms with Gasteiger partial charge < -0.3 is 15.2 Å².